The summed E-state index contributed by atoms with van der Waals surface area (Å²) in [5.74, 6) is -0.0539. The van der Waals surface area contributed by atoms with Gasteiger partial charge in [-0.1, -0.05) is 0 Å². The van der Waals surface area contributed by atoms with Gasteiger partial charge in [0.1, 0.15) is 0 Å². The smallest absolute Gasteiger partial charge is 0.239 e. The van der Waals surface area contributed by atoms with Crippen molar-refractivity contribution in [3.8, 4) is 0 Å². The summed E-state index contributed by atoms with van der Waals surface area (Å²) in [6, 6.07) is 0.306. The van der Waals surface area contributed by atoms with Crippen molar-refractivity contribution < 1.29 is 9.59 Å². The SMILES string of the molecule is CC(=O)N(CC(=O)NCCCN(C)C)C1CC1. The second-order valence-corrected chi connectivity index (χ2v) is 4.88. The molecular weight excluding hydrogens is 218 g/mol. The van der Waals surface area contributed by atoms with E-state index in [0.29, 0.717) is 12.6 Å². The van der Waals surface area contributed by atoms with Crippen molar-refractivity contribution in [3.63, 3.8) is 0 Å². The molecule has 1 aliphatic carbocycles. The van der Waals surface area contributed by atoms with Gasteiger partial charge in [0.15, 0.2) is 0 Å². The molecule has 2 amide bonds. The molecule has 0 aromatic heterocycles. The van der Waals surface area contributed by atoms with Gasteiger partial charge in [0.25, 0.3) is 0 Å². The Bertz CT molecular complexity index is 275. The summed E-state index contributed by atoms with van der Waals surface area (Å²) < 4.78 is 0. The van der Waals surface area contributed by atoms with Crippen LogP contribution in [0.1, 0.15) is 26.2 Å². The van der Waals surface area contributed by atoms with Gasteiger partial charge in [-0.05, 0) is 39.9 Å². The molecule has 0 radical (unpaired) electrons. The lowest BCUT2D eigenvalue weighted by Crippen LogP contribution is -2.41. The first-order valence-electron chi connectivity index (χ1n) is 6.19. The van der Waals surface area contributed by atoms with Gasteiger partial charge >= 0.3 is 0 Å². The summed E-state index contributed by atoms with van der Waals surface area (Å²) in [4.78, 5) is 26.7. The van der Waals surface area contributed by atoms with Crippen LogP contribution in [-0.2, 0) is 9.59 Å². The van der Waals surface area contributed by atoms with Gasteiger partial charge in [-0.3, -0.25) is 9.59 Å². The van der Waals surface area contributed by atoms with E-state index in [1.165, 1.54) is 6.92 Å². The Balaban J connectivity index is 2.16. The Kier molecular flexibility index (Phi) is 5.41. The van der Waals surface area contributed by atoms with E-state index in [1.54, 1.807) is 4.90 Å². The van der Waals surface area contributed by atoms with E-state index in [1.807, 2.05) is 14.1 Å². The monoisotopic (exact) mass is 241 g/mol. The second-order valence-electron chi connectivity index (χ2n) is 4.88. The molecule has 1 aliphatic rings. The molecule has 98 valence electrons. The molecule has 0 aromatic carbocycles. The van der Waals surface area contributed by atoms with Crippen LogP contribution in [-0.4, -0.2) is 61.4 Å². The van der Waals surface area contributed by atoms with Crippen LogP contribution in [0.25, 0.3) is 0 Å². The molecule has 1 rings (SSSR count). The van der Waals surface area contributed by atoms with Gasteiger partial charge in [-0.2, -0.15) is 0 Å². The fourth-order valence-electron chi connectivity index (χ4n) is 1.72. The summed E-state index contributed by atoms with van der Waals surface area (Å²) >= 11 is 0. The highest BCUT2D eigenvalue weighted by Gasteiger charge is 2.31. The van der Waals surface area contributed by atoms with E-state index in [4.69, 9.17) is 0 Å². The number of hydrogen-bond acceptors (Lipinski definition) is 3. The molecule has 5 nitrogen and oxygen atoms in total. The van der Waals surface area contributed by atoms with Gasteiger partial charge in [0.05, 0.1) is 6.54 Å². The summed E-state index contributed by atoms with van der Waals surface area (Å²) in [6.45, 7) is 3.37. The van der Waals surface area contributed by atoms with Crippen LogP contribution >= 0.6 is 0 Å². The number of hydrogen-bond donors (Lipinski definition) is 1. The number of amides is 2. The minimum Gasteiger partial charge on any atom is -0.355 e. The lowest BCUT2D eigenvalue weighted by atomic mass is 10.3. The second kappa shape index (κ2) is 6.59. The van der Waals surface area contributed by atoms with E-state index in [2.05, 4.69) is 10.2 Å². The summed E-state index contributed by atoms with van der Waals surface area (Å²) in [5.41, 5.74) is 0. The first-order valence-corrected chi connectivity index (χ1v) is 6.19. The lowest BCUT2D eigenvalue weighted by Gasteiger charge is -2.20. The molecule has 0 spiro atoms. The van der Waals surface area contributed by atoms with E-state index >= 15 is 0 Å². The van der Waals surface area contributed by atoms with E-state index in [-0.39, 0.29) is 18.4 Å². The quantitative estimate of drug-likeness (QED) is 0.642. The highest BCUT2D eigenvalue weighted by Crippen LogP contribution is 2.26. The fourth-order valence-corrected chi connectivity index (χ4v) is 1.72. The zero-order chi connectivity index (χ0) is 12.8. The summed E-state index contributed by atoms with van der Waals surface area (Å²) in [5, 5.41) is 2.85. The standard InChI is InChI=1S/C12H23N3O2/c1-10(16)15(11-5-6-11)9-12(17)13-7-4-8-14(2)3/h11H,4-9H2,1-3H3,(H,13,17). The molecule has 0 heterocycles. The molecule has 0 aromatic rings. The number of carbonyl (C=O) groups excluding carboxylic acids is 2. The normalized spacial score (nSPS) is 14.8. The Morgan fingerprint density at radius 3 is 2.41 bits per heavy atom. The predicted molar refractivity (Wildman–Crippen MR) is 66.6 cm³/mol. The maximum absolute atomic E-state index is 11.6. The molecule has 0 unspecified atom stereocenters. The minimum absolute atomic E-state index is 0.00376. The van der Waals surface area contributed by atoms with Crippen molar-refractivity contribution >= 4 is 11.8 Å². The summed E-state index contributed by atoms with van der Waals surface area (Å²) in [7, 11) is 4.01. The third-order valence-electron chi connectivity index (χ3n) is 2.81. The van der Waals surface area contributed by atoms with E-state index in [9.17, 15) is 9.59 Å². The predicted octanol–water partition coefficient (Wildman–Crippen LogP) is 0.0652. The Morgan fingerprint density at radius 1 is 1.29 bits per heavy atom. The van der Waals surface area contributed by atoms with Gasteiger partial charge in [-0.15, -0.1) is 0 Å². The molecule has 1 saturated carbocycles. The van der Waals surface area contributed by atoms with Crippen LogP contribution < -0.4 is 5.32 Å². The molecule has 0 aliphatic heterocycles. The first kappa shape index (κ1) is 14.0. The number of nitrogens with one attached hydrogen (secondary N) is 1. The first-order chi connectivity index (χ1) is 8.00. The molecule has 0 saturated heterocycles. The van der Waals surface area contributed by atoms with Crippen LogP contribution in [0.2, 0.25) is 0 Å². The highest BCUT2D eigenvalue weighted by molar-refractivity contribution is 5.84. The lowest BCUT2D eigenvalue weighted by molar-refractivity contribution is -0.134. The van der Waals surface area contributed by atoms with Gasteiger partial charge in [-0.25, -0.2) is 0 Å². The number of rotatable bonds is 7. The molecular formula is C12H23N3O2. The number of carbonyl (C=O) groups is 2. The maximum Gasteiger partial charge on any atom is 0.239 e. The Morgan fingerprint density at radius 2 is 1.94 bits per heavy atom. The zero-order valence-electron chi connectivity index (χ0n) is 11.0. The Labute approximate surface area is 103 Å². The molecule has 1 N–H and O–H groups in total. The van der Waals surface area contributed by atoms with Crippen molar-refractivity contribution in [2.45, 2.75) is 32.2 Å². The van der Waals surface area contributed by atoms with Crippen LogP contribution in [0.3, 0.4) is 0 Å². The van der Waals surface area contributed by atoms with E-state index < -0.39 is 0 Å². The van der Waals surface area contributed by atoms with Gasteiger partial charge in [0.2, 0.25) is 11.8 Å². The molecule has 5 heteroatoms. The average Bonchev–Trinajstić information content (AvgIpc) is 3.04. The summed E-state index contributed by atoms with van der Waals surface area (Å²) in [6.07, 6.45) is 3.00. The average molecular weight is 241 g/mol. The third kappa shape index (κ3) is 5.68. The van der Waals surface area contributed by atoms with Crippen LogP contribution in [0.15, 0.2) is 0 Å². The largest absolute Gasteiger partial charge is 0.355 e. The Hall–Kier alpha value is -1.10. The molecule has 0 bridgehead atoms. The minimum atomic E-state index is -0.0501. The van der Waals surface area contributed by atoms with Gasteiger partial charge < -0.3 is 15.1 Å². The highest BCUT2D eigenvalue weighted by atomic mass is 16.2. The van der Waals surface area contributed by atoms with Crippen molar-refractivity contribution in [2.75, 3.05) is 33.7 Å². The maximum atomic E-state index is 11.6. The van der Waals surface area contributed by atoms with Crippen LogP contribution in [0.4, 0.5) is 0 Å². The van der Waals surface area contributed by atoms with Crippen molar-refractivity contribution in [3.05, 3.63) is 0 Å². The molecule has 1 fully saturated rings. The van der Waals surface area contributed by atoms with Crippen LogP contribution in [0.5, 0.6) is 0 Å². The third-order valence-corrected chi connectivity index (χ3v) is 2.81. The van der Waals surface area contributed by atoms with Crippen molar-refractivity contribution in [1.29, 1.82) is 0 Å². The topological polar surface area (TPSA) is 52.7 Å². The van der Waals surface area contributed by atoms with E-state index in [0.717, 1.165) is 25.8 Å². The zero-order valence-corrected chi connectivity index (χ0v) is 11.0. The molecule has 17 heavy (non-hydrogen) atoms. The van der Waals surface area contributed by atoms with Crippen molar-refractivity contribution in [2.24, 2.45) is 0 Å². The van der Waals surface area contributed by atoms with Crippen LogP contribution in [0, 0.1) is 0 Å². The number of nitrogens with zero attached hydrogens (tertiary/aromatic N) is 2. The van der Waals surface area contributed by atoms with Gasteiger partial charge in [0, 0.05) is 19.5 Å². The fraction of sp³-hybridized carbons (Fsp3) is 0.833. The van der Waals surface area contributed by atoms with Crippen molar-refractivity contribution in [1.82, 2.24) is 15.1 Å². The molecule has 0 atom stereocenters.